The molecule has 0 spiro atoms. The molecule has 111 heavy (non-hydrogen) atoms. The van der Waals surface area contributed by atoms with Crippen molar-refractivity contribution in [2.24, 2.45) is 0 Å². The van der Waals surface area contributed by atoms with Crippen LogP contribution in [0.1, 0.15) is 76.2 Å². The van der Waals surface area contributed by atoms with Crippen LogP contribution in [-0.2, 0) is 6.42 Å². The number of amides is 4. The Labute approximate surface area is 636 Å². The number of fused-ring (bicyclic) bond motifs is 17. The molecule has 18 aromatic rings. The van der Waals surface area contributed by atoms with Crippen molar-refractivity contribution in [3.05, 3.63) is 384 Å². The first-order valence-electron chi connectivity index (χ1n) is 37.8. The Hall–Kier alpha value is -14.7. The molecule has 2 aliphatic carbocycles. The molecule has 4 aromatic heterocycles. The van der Waals surface area contributed by atoms with E-state index in [0.717, 1.165) is 140 Å². The first kappa shape index (κ1) is 62.5. The summed E-state index contributed by atoms with van der Waals surface area (Å²) in [5.41, 5.74) is 24.8. The molecule has 2 unspecified atom stereocenters. The number of hydrogen-bond donors (Lipinski definition) is 0. The van der Waals surface area contributed by atoms with Gasteiger partial charge < -0.3 is 23.2 Å². The van der Waals surface area contributed by atoms with Gasteiger partial charge >= 0.3 is 0 Å². The number of aromatic nitrogens is 4. The number of para-hydroxylation sites is 4. The highest BCUT2D eigenvalue weighted by molar-refractivity contribution is 6.37. The molecule has 11 nitrogen and oxygen atoms in total. The van der Waals surface area contributed by atoms with Gasteiger partial charge in [-0.2, -0.15) is 0 Å². The SMILES string of the molecule is O=C1c2cccc(-n3c4ccccc4c4cc(N5c6ccccc6C6C=C(c7cccc8c7c7ccccc7n8-c7ccc8c9ccc(-n%10c%11c(c%12ccccc%12%10)CCC=C%11)cc9n(-c9cccc%10c9C(=O)N(c9ccc(-c%11ccccc%11)cc9)C%10=O)c8c7)C=CC65)ccc43)c2C(=O)N1c1ccc(-c2ccccc2)cc1. The van der Waals surface area contributed by atoms with Crippen LogP contribution in [0, 0.1) is 0 Å². The zero-order valence-electron chi connectivity index (χ0n) is 59.7. The van der Waals surface area contributed by atoms with E-state index in [4.69, 9.17) is 0 Å². The Morgan fingerprint density at radius 2 is 0.775 bits per heavy atom. The number of benzene rings is 14. The number of nitrogens with zero attached hydrogens (tertiary/aromatic N) is 7. The lowest BCUT2D eigenvalue weighted by atomic mass is 9.85. The summed E-state index contributed by atoms with van der Waals surface area (Å²) >= 11 is 0. The molecule has 11 heteroatoms. The van der Waals surface area contributed by atoms with Crippen LogP contribution in [0.4, 0.5) is 22.7 Å². The Bertz CT molecular complexity index is 7250. The van der Waals surface area contributed by atoms with E-state index < -0.39 is 0 Å². The third kappa shape index (κ3) is 9.08. The number of allylic oxidation sites excluding steroid dienone is 3. The maximum absolute atomic E-state index is 15.5. The molecule has 3 aliphatic heterocycles. The van der Waals surface area contributed by atoms with E-state index in [2.05, 4.69) is 229 Å². The van der Waals surface area contributed by atoms with Crippen molar-refractivity contribution in [3.8, 4) is 45.0 Å². The van der Waals surface area contributed by atoms with E-state index in [-0.39, 0.29) is 35.6 Å². The van der Waals surface area contributed by atoms with Crippen molar-refractivity contribution in [1.29, 1.82) is 0 Å². The highest BCUT2D eigenvalue weighted by Crippen LogP contribution is 2.52. The lowest BCUT2D eigenvalue weighted by Gasteiger charge is -2.30. The van der Waals surface area contributed by atoms with Crippen molar-refractivity contribution in [2.75, 3.05) is 14.7 Å². The molecule has 7 heterocycles. The minimum Gasteiger partial charge on any atom is -0.333 e. The van der Waals surface area contributed by atoms with Gasteiger partial charge in [0.1, 0.15) is 0 Å². The van der Waals surface area contributed by atoms with Crippen molar-refractivity contribution in [2.45, 2.75) is 24.8 Å². The van der Waals surface area contributed by atoms with Gasteiger partial charge in [0.15, 0.2) is 0 Å². The average Bonchev–Trinajstić information content (AvgIpc) is 1.57. The number of hydrogen-bond acceptors (Lipinski definition) is 5. The summed E-state index contributed by atoms with van der Waals surface area (Å²) in [5.74, 6) is -1.44. The second-order valence-electron chi connectivity index (χ2n) is 29.5. The number of aryl methyl sites for hydroxylation is 1. The molecule has 0 fully saturated rings. The summed E-state index contributed by atoms with van der Waals surface area (Å²) in [6.07, 6.45) is 13.6. The van der Waals surface area contributed by atoms with Crippen LogP contribution in [-0.4, -0.2) is 47.9 Å². The summed E-state index contributed by atoms with van der Waals surface area (Å²) in [7, 11) is 0. The number of imide groups is 2. The highest BCUT2D eigenvalue weighted by atomic mass is 16.2. The van der Waals surface area contributed by atoms with E-state index in [1.54, 1.807) is 12.1 Å². The predicted octanol–water partition coefficient (Wildman–Crippen LogP) is 23.1. The lowest BCUT2D eigenvalue weighted by molar-refractivity contribution is 0.0910. The summed E-state index contributed by atoms with van der Waals surface area (Å²) in [5, 5.41) is 7.58. The summed E-state index contributed by atoms with van der Waals surface area (Å²) in [6, 6.07) is 108. The van der Waals surface area contributed by atoms with E-state index >= 15 is 4.79 Å². The molecule has 23 rings (SSSR count). The minimum absolute atomic E-state index is 0.00775. The standard InChI is InChI=1S/C100H63N7O4/c108-97-78-30-18-38-90(95(78)99(110)104(97)65-45-40-62(41-46-65)60-20-3-1-4-21-60)106-85-35-15-10-27-74(85)81-57-67(51-55-88(81)106)101-84-34-14-9-26-73(84)80-56-64(44-54-87(80)101)70-29-17-37-89-94(70)77-28-11-16-36-86(77)103(89)69-50-53-76-75-52-49-68(102-82-32-12-7-24-71(82)72-25-8-13-33-83(72)102)58-92(75)107(93(76)59-69)91-39-19-31-79-96(91)100(111)105(98(79)109)66-47-42-63(43-48-66)61-22-5-2-6-23-61/h1-7,9-24,26-59,80,87H,8,25H2. The number of carbonyl (C=O) groups is 4. The van der Waals surface area contributed by atoms with Gasteiger partial charge in [0, 0.05) is 72.1 Å². The van der Waals surface area contributed by atoms with Crippen molar-refractivity contribution in [1.82, 2.24) is 18.3 Å². The van der Waals surface area contributed by atoms with Gasteiger partial charge in [0.05, 0.1) is 89.7 Å². The van der Waals surface area contributed by atoms with Crippen molar-refractivity contribution >= 4 is 134 Å². The van der Waals surface area contributed by atoms with Gasteiger partial charge in [-0.25, -0.2) is 9.80 Å². The van der Waals surface area contributed by atoms with Crippen molar-refractivity contribution in [3.63, 3.8) is 0 Å². The predicted molar refractivity (Wildman–Crippen MR) is 448 cm³/mol. The van der Waals surface area contributed by atoms with Gasteiger partial charge in [-0.3, -0.25) is 19.2 Å². The maximum Gasteiger partial charge on any atom is 0.268 e. The molecule has 0 saturated carbocycles. The minimum atomic E-state index is -0.374. The topological polar surface area (TPSA) is 97.7 Å². The van der Waals surface area contributed by atoms with Crippen LogP contribution in [0.3, 0.4) is 0 Å². The molecule has 2 atom stereocenters. The maximum atomic E-state index is 15.5. The van der Waals surface area contributed by atoms with Crippen LogP contribution in [0.2, 0.25) is 0 Å². The molecule has 0 N–H and O–H groups in total. The first-order chi connectivity index (χ1) is 54.8. The third-order valence-corrected chi connectivity index (χ3v) is 23.8. The lowest BCUT2D eigenvalue weighted by Crippen LogP contribution is -2.29. The molecule has 0 saturated heterocycles. The molecule has 0 radical (unpaired) electrons. The molecule has 522 valence electrons. The summed E-state index contributed by atoms with van der Waals surface area (Å²) in [4.78, 5) is 64.9. The Morgan fingerprint density at radius 3 is 1.41 bits per heavy atom. The first-order valence-corrected chi connectivity index (χ1v) is 37.8. The molecule has 14 aromatic carbocycles. The Morgan fingerprint density at radius 1 is 0.306 bits per heavy atom. The van der Waals surface area contributed by atoms with Crippen LogP contribution in [0.25, 0.3) is 133 Å². The molecular formula is C100H63N7O4. The Kier molecular flexibility index (Phi) is 13.5. The summed E-state index contributed by atoms with van der Waals surface area (Å²) < 4.78 is 9.14. The van der Waals surface area contributed by atoms with E-state index in [0.29, 0.717) is 45.0 Å². The zero-order chi connectivity index (χ0) is 73.4. The van der Waals surface area contributed by atoms with E-state index in [1.807, 2.05) is 127 Å². The molecule has 5 aliphatic rings. The van der Waals surface area contributed by atoms with E-state index in [9.17, 15) is 14.4 Å². The molecular weight excluding hydrogens is 1360 g/mol. The average molecular weight is 1430 g/mol. The van der Waals surface area contributed by atoms with Gasteiger partial charge in [0.2, 0.25) is 0 Å². The number of rotatable bonds is 10. The highest BCUT2D eigenvalue weighted by Gasteiger charge is 2.43. The third-order valence-electron chi connectivity index (χ3n) is 23.8. The smallest absolute Gasteiger partial charge is 0.268 e. The second kappa shape index (κ2) is 23.9. The summed E-state index contributed by atoms with van der Waals surface area (Å²) in [6.45, 7) is 0. The zero-order valence-corrected chi connectivity index (χ0v) is 59.7. The Balaban J connectivity index is 0.630. The van der Waals surface area contributed by atoms with Gasteiger partial charge in [0.25, 0.3) is 23.6 Å². The van der Waals surface area contributed by atoms with Gasteiger partial charge in [-0.15, -0.1) is 0 Å². The van der Waals surface area contributed by atoms with Crippen LogP contribution >= 0.6 is 0 Å². The van der Waals surface area contributed by atoms with Crippen LogP contribution in [0.15, 0.2) is 340 Å². The van der Waals surface area contributed by atoms with Crippen molar-refractivity contribution < 1.29 is 19.2 Å². The second-order valence-corrected chi connectivity index (χ2v) is 29.5. The fraction of sp³-hybridized carbons (Fsp3) is 0.0400. The van der Waals surface area contributed by atoms with E-state index in [1.165, 1.54) is 32.0 Å². The largest absolute Gasteiger partial charge is 0.333 e. The van der Waals surface area contributed by atoms with Gasteiger partial charge in [-0.05, 0) is 185 Å². The van der Waals surface area contributed by atoms with Crippen LogP contribution < -0.4 is 14.7 Å². The normalized spacial score (nSPS) is 15.7. The van der Waals surface area contributed by atoms with Gasteiger partial charge in [-0.1, -0.05) is 218 Å². The van der Waals surface area contributed by atoms with Crippen LogP contribution in [0.5, 0.6) is 0 Å². The quantitative estimate of drug-likeness (QED) is 0.127. The number of carbonyl (C=O) groups excluding carboxylic acids is 4. The molecule has 4 amide bonds. The number of anilines is 4. The fourth-order valence-corrected chi connectivity index (χ4v) is 19.0. The fourth-order valence-electron chi connectivity index (χ4n) is 19.0. The molecule has 0 bridgehead atoms. The monoisotopic (exact) mass is 1430 g/mol.